The van der Waals surface area contributed by atoms with Crippen molar-refractivity contribution in [3.63, 3.8) is 0 Å². The molecule has 1 aliphatic rings. The van der Waals surface area contributed by atoms with Gasteiger partial charge in [0, 0.05) is 16.7 Å². The molecule has 0 bridgehead atoms. The molecule has 2 unspecified atom stereocenters. The van der Waals surface area contributed by atoms with Crippen molar-refractivity contribution in [3.8, 4) is 0 Å². The molecule has 1 aliphatic heterocycles. The van der Waals surface area contributed by atoms with E-state index < -0.39 is 0 Å². The van der Waals surface area contributed by atoms with E-state index in [-0.39, 0.29) is 17.9 Å². The average molecular weight is 345 g/mol. The fraction of sp³-hybridized carbons (Fsp3) is 0.462. The maximum atomic E-state index is 12.3. The molecule has 1 saturated heterocycles. The van der Waals surface area contributed by atoms with Crippen LogP contribution in [0.3, 0.4) is 0 Å². The number of hydrogen-bond donors (Lipinski definition) is 1. The Balaban J connectivity index is 2.14. The number of likely N-dealkylation sites (tertiary alicyclic amines) is 1. The lowest BCUT2D eigenvalue weighted by Crippen LogP contribution is -2.45. The number of aliphatic hydroxyl groups excluding tert-OH is 1. The van der Waals surface area contributed by atoms with E-state index in [1.165, 1.54) is 0 Å². The van der Waals surface area contributed by atoms with Crippen molar-refractivity contribution in [2.24, 2.45) is 5.92 Å². The zero-order chi connectivity index (χ0) is 12.4. The lowest BCUT2D eigenvalue weighted by molar-refractivity contribution is 0.0297. The summed E-state index contributed by atoms with van der Waals surface area (Å²) in [6, 6.07) is 7.62. The molecule has 2 atom stereocenters. The zero-order valence-electron chi connectivity index (χ0n) is 9.77. The molecule has 2 rings (SSSR count). The third-order valence-electron chi connectivity index (χ3n) is 3.25. The molecule has 1 fully saturated rings. The number of carbonyl (C=O) groups is 1. The van der Waals surface area contributed by atoms with Gasteiger partial charge < -0.3 is 10.0 Å². The minimum Gasteiger partial charge on any atom is -0.393 e. The maximum absolute atomic E-state index is 12.3. The third kappa shape index (κ3) is 2.80. The van der Waals surface area contributed by atoms with Gasteiger partial charge in [0.15, 0.2) is 0 Å². The van der Waals surface area contributed by atoms with Gasteiger partial charge in [0.25, 0.3) is 5.91 Å². The first kappa shape index (κ1) is 12.8. The number of amides is 1. The van der Waals surface area contributed by atoms with E-state index in [1.807, 2.05) is 36.1 Å². The third-order valence-corrected chi connectivity index (χ3v) is 4.19. The summed E-state index contributed by atoms with van der Waals surface area (Å²) in [7, 11) is 0. The summed E-state index contributed by atoms with van der Waals surface area (Å²) >= 11 is 2.18. The molecule has 1 amide bonds. The van der Waals surface area contributed by atoms with Gasteiger partial charge in [-0.25, -0.2) is 0 Å². The van der Waals surface area contributed by atoms with Gasteiger partial charge >= 0.3 is 0 Å². The summed E-state index contributed by atoms with van der Waals surface area (Å²) in [5.74, 6) is 0.239. The number of hydrogen-bond acceptors (Lipinski definition) is 2. The lowest BCUT2D eigenvalue weighted by atomic mass is 9.96. The van der Waals surface area contributed by atoms with Crippen molar-refractivity contribution in [2.45, 2.75) is 19.4 Å². The minimum atomic E-state index is -0.270. The topological polar surface area (TPSA) is 40.5 Å². The van der Waals surface area contributed by atoms with Crippen LogP contribution in [0.5, 0.6) is 0 Å². The number of aliphatic hydroxyl groups is 1. The Hall–Kier alpha value is -0.620. The number of piperidine rings is 1. The molecular formula is C13H16INO2. The van der Waals surface area contributed by atoms with Gasteiger partial charge in [-0.15, -0.1) is 0 Å². The first-order valence-electron chi connectivity index (χ1n) is 5.81. The monoisotopic (exact) mass is 345 g/mol. The van der Waals surface area contributed by atoms with Crippen LogP contribution in [0.25, 0.3) is 0 Å². The van der Waals surface area contributed by atoms with Crippen LogP contribution >= 0.6 is 22.6 Å². The van der Waals surface area contributed by atoms with Crippen LogP contribution < -0.4 is 0 Å². The molecule has 1 aromatic carbocycles. The maximum Gasteiger partial charge on any atom is 0.254 e. The van der Waals surface area contributed by atoms with Crippen molar-refractivity contribution >= 4 is 28.5 Å². The Morgan fingerprint density at radius 3 is 2.82 bits per heavy atom. The van der Waals surface area contributed by atoms with Gasteiger partial charge in [0.05, 0.1) is 11.7 Å². The zero-order valence-corrected chi connectivity index (χ0v) is 11.9. The van der Waals surface area contributed by atoms with E-state index in [4.69, 9.17) is 0 Å². The Kier molecular flexibility index (Phi) is 4.04. The normalized spacial score (nSPS) is 24.8. The highest BCUT2D eigenvalue weighted by atomic mass is 127. The summed E-state index contributed by atoms with van der Waals surface area (Å²) in [6.07, 6.45) is 0.407. The number of benzene rings is 1. The standard InChI is InChI=1S/C13H16INO2/c1-9-8-15(7-6-12(9)16)13(17)10-4-2-3-5-11(10)14/h2-5,9,12,16H,6-8H2,1H3. The highest BCUT2D eigenvalue weighted by Crippen LogP contribution is 2.20. The molecule has 1 N–H and O–H groups in total. The summed E-state index contributed by atoms with van der Waals surface area (Å²) < 4.78 is 0.980. The second-order valence-electron chi connectivity index (χ2n) is 4.56. The fourth-order valence-electron chi connectivity index (χ4n) is 2.12. The van der Waals surface area contributed by atoms with Gasteiger partial charge in [-0.05, 0) is 47.1 Å². The fourth-order valence-corrected chi connectivity index (χ4v) is 2.74. The molecular weight excluding hydrogens is 329 g/mol. The predicted octanol–water partition coefficient (Wildman–Crippen LogP) is 2.13. The highest BCUT2D eigenvalue weighted by molar-refractivity contribution is 14.1. The van der Waals surface area contributed by atoms with E-state index in [0.29, 0.717) is 19.5 Å². The SMILES string of the molecule is CC1CN(C(=O)c2ccccc2I)CCC1O. The molecule has 1 heterocycles. The summed E-state index contributed by atoms with van der Waals surface area (Å²) in [6.45, 7) is 3.28. The molecule has 1 aromatic rings. The second kappa shape index (κ2) is 5.35. The molecule has 17 heavy (non-hydrogen) atoms. The molecule has 0 aliphatic carbocycles. The molecule has 0 saturated carbocycles. The van der Waals surface area contributed by atoms with Crippen molar-refractivity contribution < 1.29 is 9.90 Å². The van der Waals surface area contributed by atoms with Crippen LogP contribution in [0.1, 0.15) is 23.7 Å². The second-order valence-corrected chi connectivity index (χ2v) is 5.73. The molecule has 3 nitrogen and oxygen atoms in total. The number of nitrogens with zero attached hydrogens (tertiary/aromatic N) is 1. The molecule has 4 heteroatoms. The van der Waals surface area contributed by atoms with Gasteiger partial charge in [0.2, 0.25) is 0 Å². The van der Waals surface area contributed by atoms with E-state index in [2.05, 4.69) is 22.6 Å². The quantitative estimate of drug-likeness (QED) is 0.793. The largest absolute Gasteiger partial charge is 0.393 e. The number of rotatable bonds is 1. The van der Waals surface area contributed by atoms with Gasteiger partial charge in [-0.3, -0.25) is 4.79 Å². The van der Waals surface area contributed by atoms with Crippen molar-refractivity contribution in [2.75, 3.05) is 13.1 Å². The summed E-state index contributed by atoms with van der Waals surface area (Å²) in [5.41, 5.74) is 0.761. The minimum absolute atomic E-state index is 0.0775. The predicted molar refractivity (Wildman–Crippen MR) is 74.9 cm³/mol. The average Bonchev–Trinajstić information content (AvgIpc) is 2.32. The van der Waals surface area contributed by atoms with Gasteiger partial charge in [-0.1, -0.05) is 19.1 Å². The smallest absolute Gasteiger partial charge is 0.254 e. The Morgan fingerprint density at radius 2 is 2.18 bits per heavy atom. The van der Waals surface area contributed by atoms with Crippen LogP contribution in [-0.4, -0.2) is 35.1 Å². The van der Waals surface area contributed by atoms with E-state index in [9.17, 15) is 9.90 Å². The van der Waals surface area contributed by atoms with Crippen molar-refractivity contribution in [1.82, 2.24) is 4.90 Å². The van der Waals surface area contributed by atoms with Crippen molar-refractivity contribution in [1.29, 1.82) is 0 Å². The molecule has 0 spiro atoms. The van der Waals surface area contributed by atoms with Crippen LogP contribution in [0.15, 0.2) is 24.3 Å². The van der Waals surface area contributed by atoms with E-state index in [0.717, 1.165) is 9.13 Å². The Bertz CT molecular complexity index is 422. The van der Waals surface area contributed by atoms with Crippen molar-refractivity contribution in [3.05, 3.63) is 33.4 Å². The number of carbonyl (C=O) groups excluding carboxylic acids is 1. The van der Waals surface area contributed by atoms with E-state index in [1.54, 1.807) is 0 Å². The lowest BCUT2D eigenvalue weighted by Gasteiger charge is -2.34. The van der Waals surface area contributed by atoms with Gasteiger partial charge in [-0.2, -0.15) is 0 Å². The molecule has 92 valence electrons. The van der Waals surface area contributed by atoms with Crippen LogP contribution in [0.2, 0.25) is 0 Å². The Labute approximate surface area is 115 Å². The molecule has 0 aromatic heterocycles. The molecule has 0 radical (unpaired) electrons. The summed E-state index contributed by atoms with van der Waals surface area (Å²) in [5, 5.41) is 9.66. The summed E-state index contributed by atoms with van der Waals surface area (Å²) in [4.78, 5) is 14.2. The van der Waals surface area contributed by atoms with E-state index >= 15 is 0 Å². The first-order chi connectivity index (χ1) is 8.09. The Morgan fingerprint density at radius 1 is 1.47 bits per heavy atom. The van der Waals surface area contributed by atoms with Crippen LogP contribution in [0.4, 0.5) is 0 Å². The number of halogens is 1. The first-order valence-corrected chi connectivity index (χ1v) is 6.89. The van der Waals surface area contributed by atoms with Crippen LogP contribution in [0, 0.1) is 9.49 Å². The van der Waals surface area contributed by atoms with Crippen LogP contribution in [-0.2, 0) is 0 Å². The highest BCUT2D eigenvalue weighted by Gasteiger charge is 2.28. The van der Waals surface area contributed by atoms with Gasteiger partial charge in [0.1, 0.15) is 0 Å².